The SMILES string of the molecule is CCOC(=O)c1ccc(N=C2S/C(=C\c3cn(Cc4ccccc4)c4ccccc34)C(=O)N2C)cc1. The Balaban J connectivity index is 1.43. The van der Waals surface area contributed by atoms with E-state index in [0.717, 1.165) is 23.0 Å². The highest BCUT2D eigenvalue weighted by molar-refractivity contribution is 8.18. The van der Waals surface area contributed by atoms with E-state index in [1.54, 1.807) is 43.1 Å². The highest BCUT2D eigenvalue weighted by Crippen LogP contribution is 2.35. The third kappa shape index (κ3) is 4.83. The number of aromatic nitrogens is 1. The first-order valence-corrected chi connectivity index (χ1v) is 12.5. The zero-order chi connectivity index (χ0) is 25.1. The second-order valence-corrected chi connectivity index (χ2v) is 9.36. The lowest BCUT2D eigenvalue weighted by molar-refractivity contribution is -0.121. The summed E-state index contributed by atoms with van der Waals surface area (Å²) in [6, 6.07) is 25.4. The zero-order valence-corrected chi connectivity index (χ0v) is 20.9. The number of carbonyl (C=O) groups is 2. The number of aliphatic imine (C=N–C) groups is 1. The van der Waals surface area contributed by atoms with Crippen LogP contribution in [0.2, 0.25) is 0 Å². The first kappa shape index (κ1) is 23.6. The molecule has 0 N–H and O–H groups in total. The number of amidine groups is 1. The van der Waals surface area contributed by atoms with E-state index in [9.17, 15) is 9.59 Å². The number of fused-ring (bicyclic) bond motifs is 1. The zero-order valence-electron chi connectivity index (χ0n) is 20.0. The van der Waals surface area contributed by atoms with Crippen LogP contribution in [0.5, 0.6) is 0 Å². The molecule has 1 saturated heterocycles. The Morgan fingerprint density at radius 2 is 1.72 bits per heavy atom. The maximum absolute atomic E-state index is 13.0. The average Bonchev–Trinajstić information content (AvgIpc) is 3.37. The van der Waals surface area contributed by atoms with Crippen LogP contribution in [0, 0.1) is 0 Å². The van der Waals surface area contributed by atoms with Crippen LogP contribution in [0.15, 0.2) is 95.0 Å². The minimum Gasteiger partial charge on any atom is -0.462 e. The molecule has 0 saturated carbocycles. The largest absolute Gasteiger partial charge is 0.462 e. The number of ether oxygens (including phenoxy) is 1. The van der Waals surface area contributed by atoms with Gasteiger partial charge in [0.2, 0.25) is 0 Å². The van der Waals surface area contributed by atoms with Gasteiger partial charge in [0.15, 0.2) is 5.17 Å². The van der Waals surface area contributed by atoms with Crippen molar-refractivity contribution in [2.24, 2.45) is 4.99 Å². The molecule has 0 radical (unpaired) electrons. The molecule has 1 amide bonds. The van der Waals surface area contributed by atoms with Crippen molar-refractivity contribution >= 4 is 51.5 Å². The first-order valence-electron chi connectivity index (χ1n) is 11.7. The van der Waals surface area contributed by atoms with Crippen molar-refractivity contribution in [2.45, 2.75) is 13.5 Å². The molecular formula is C29H25N3O3S. The molecule has 7 heteroatoms. The fourth-order valence-electron chi connectivity index (χ4n) is 4.09. The number of likely N-dealkylation sites (N-methyl/N-ethyl adjacent to an activating group) is 1. The van der Waals surface area contributed by atoms with Gasteiger partial charge in [-0.1, -0.05) is 48.5 Å². The Bertz CT molecular complexity index is 1490. The predicted octanol–water partition coefficient (Wildman–Crippen LogP) is 6.10. The van der Waals surface area contributed by atoms with Gasteiger partial charge in [0, 0.05) is 36.3 Å². The molecule has 1 aliphatic heterocycles. The number of thioether (sulfide) groups is 1. The summed E-state index contributed by atoms with van der Waals surface area (Å²) in [6.45, 7) is 2.85. The standard InChI is InChI=1S/C29H25N3O3S/c1-3-35-28(34)21-13-15-23(16-14-21)30-29-31(2)27(33)26(36-29)17-22-19-32(18-20-9-5-4-6-10-20)25-12-8-7-11-24(22)25/h4-17,19H,3,18H2,1-2H3/b26-17-,30-29?. The van der Waals surface area contributed by atoms with Crippen molar-refractivity contribution in [3.8, 4) is 0 Å². The third-order valence-corrected chi connectivity index (χ3v) is 6.97. The van der Waals surface area contributed by atoms with Gasteiger partial charge in [-0.15, -0.1) is 0 Å². The molecule has 2 heterocycles. The van der Waals surface area contributed by atoms with E-state index in [4.69, 9.17) is 4.74 Å². The number of esters is 1. The molecular weight excluding hydrogens is 470 g/mol. The van der Waals surface area contributed by atoms with Crippen molar-refractivity contribution in [1.82, 2.24) is 9.47 Å². The van der Waals surface area contributed by atoms with E-state index >= 15 is 0 Å². The van der Waals surface area contributed by atoms with Gasteiger partial charge in [-0.25, -0.2) is 9.79 Å². The Hall–Kier alpha value is -4.10. The Morgan fingerprint density at radius 3 is 2.47 bits per heavy atom. The van der Waals surface area contributed by atoms with Crippen molar-refractivity contribution in [2.75, 3.05) is 13.7 Å². The van der Waals surface area contributed by atoms with Crippen LogP contribution < -0.4 is 0 Å². The summed E-state index contributed by atoms with van der Waals surface area (Å²) in [7, 11) is 1.72. The average molecular weight is 496 g/mol. The summed E-state index contributed by atoms with van der Waals surface area (Å²) < 4.78 is 7.24. The summed E-state index contributed by atoms with van der Waals surface area (Å²) in [5.74, 6) is -0.460. The molecule has 0 bridgehead atoms. The Kier molecular flexibility index (Phi) is 6.73. The number of carbonyl (C=O) groups excluding carboxylic acids is 2. The summed E-state index contributed by atoms with van der Waals surface area (Å²) >= 11 is 1.34. The van der Waals surface area contributed by atoms with Gasteiger partial charge in [-0.2, -0.15) is 0 Å². The van der Waals surface area contributed by atoms with Crippen LogP contribution in [-0.4, -0.2) is 40.2 Å². The molecule has 180 valence electrons. The van der Waals surface area contributed by atoms with Crippen LogP contribution in [-0.2, 0) is 16.1 Å². The summed E-state index contributed by atoms with van der Waals surface area (Å²) in [5, 5.41) is 1.68. The number of rotatable bonds is 6. The lowest BCUT2D eigenvalue weighted by atomic mass is 10.1. The van der Waals surface area contributed by atoms with Gasteiger partial charge >= 0.3 is 5.97 Å². The van der Waals surface area contributed by atoms with E-state index in [1.165, 1.54) is 17.3 Å². The lowest BCUT2D eigenvalue weighted by Crippen LogP contribution is -2.23. The maximum atomic E-state index is 13.0. The van der Waals surface area contributed by atoms with E-state index in [1.807, 2.05) is 36.4 Å². The van der Waals surface area contributed by atoms with Gasteiger partial charge < -0.3 is 9.30 Å². The highest BCUT2D eigenvalue weighted by atomic mass is 32.2. The molecule has 4 aromatic rings. The van der Waals surface area contributed by atoms with Crippen molar-refractivity contribution in [3.05, 3.63) is 107 Å². The minimum atomic E-state index is -0.365. The van der Waals surface area contributed by atoms with Crippen LogP contribution in [0.4, 0.5) is 5.69 Å². The van der Waals surface area contributed by atoms with Gasteiger partial charge in [0.05, 0.1) is 22.8 Å². The molecule has 1 aromatic heterocycles. The molecule has 0 spiro atoms. The van der Waals surface area contributed by atoms with Crippen molar-refractivity contribution < 1.29 is 14.3 Å². The van der Waals surface area contributed by atoms with E-state index in [-0.39, 0.29) is 11.9 Å². The van der Waals surface area contributed by atoms with Gasteiger partial charge in [-0.3, -0.25) is 9.69 Å². The molecule has 0 atom stereocenters. The number of amides is 1. The second-order valence-electron chi connectivity index (χ2n) is 8.35. The summed E-state index contributed by atoms with van der Waals surface area (Å²) in [4.78, 5) is 31.7. The number of benzene rings is 3. The normalized spacial score (nSPS) is 15.8. The molecule has 0 unspecified atom stereocenters. The Morgan fingerprint density at radius 1 is 1.00 bits per heavy atom. The lowest BCUT2D eigenvalue weighted by Gasteiger charge is -2.07. The van der Waals surface area contributed by atoms with Gasteiger partial charge in [-0.05, 0) is 60.7 Å². The van der Waals surface area contributed by atoms with Crippen LogP contribution in [0.1, 0.15) is 28.4 Å². The first-order chi connectivity index (χ1) is 17.5. The number of hydrogen-bond acceptors (Lipinski definition) is 5. The molecule has 0 aliphatic carbocycles. The molecule has 3 aromatic carbocycles. The van der Waals surface area contributed by atoms with E-state index < -0.39 is 0 Å². The number of para-hydroxylation sites is 1. The number of hydrogen-bond donors (Lipinski definition) is 0. The fraction of sp³-hybridized carbons (Fsp3) is 0.138. The van der Waals surface area contributed by atoms with Gasteiger partial charge in [0.25, 0.3) is 5.91 Å². The van der Waals surface area contributed by atoms with Crippen LogP contribution >= 0.6 is 11.8 Å². The quantitative estimate of drug-likeness (QED) is 0.240. The van der Waals surface area contributed by atoms with Crippen molar-refractivity contribution in [1.29, 1.82) is 0 Å². The number of nitrogens with zero attached hydrogens (tertiary/aromatic N) is 3. The topological polar surface area (TPSA) is 63.9 Å². The van der Waals surface area contributed by atoms with E-state index in [0.29, 0.717) is 27.9 Å². The minimum absolute atomic E-state index is 0.0956. The van der Waals surface area contributed by atoms with Crippen LogP contribution in [0.3, 0.4) is 0 Å². The predicted molar refractivity (Wildman–Crippen MR) is 145 cm³/mol. The molecule has 5 rings (SSSR count). The fourth-order valence-corrected chi connectivity index (χ4v) is 5.07. The third-order valence-electron chi connectivity index (χ3n) is 5.91. The van der Waals surface area contributed by atoms with Crippen LogP contribution in [0.25, 0.3) is 17.0 Å². The van der Waals surface area contributed by atoms with Gasteiger partial charge in [0.1, 0.15) is 0 Å². The molecule has 6 nitrogen and oxygen atoms in total. The maximum Gasteiger partial charge on any atom is 0.338 e. The molecule has 1 fully saturated rings. The smallest absolute Gasteiger partial charge is 0.338 e. The summed E-state index contributed by atoms with van der Waals surface area (Å²) in [5.41, 5.74) is 4.45. The summed E-state index contributed by atoms with van der Waals surface area (Å²) in [6.07, 6.45) is 4.04. The molecule has 1 aliphatic rings. The second kappa shape index (κ2) is 10.3. The molecule has 36 heavy (non-hydrogen) atoms. The van der Waals surface area contributed by atoms with E-state index in [2.05, 4.69) is 40.0 Å². The highest BCUT2D eigenvalue weighted by Gasteiger charge is 2.30. The Labute approximate surface area is 213 Å². The van der Waals surface area contributed by atoms with Crippen molar-refractivity contribution in [3.63, 3.8) is 0 Å². The monoisotopic (exact) mass is 495 g/mol.